The van der Waals surface area contributed by atoms with Crippen molar-refractivity contribution in [1.29, 1.82) is 0 Å². The normalized spacial score (nSPS) is 10.5. The van der Waals surface area contributed by atoms with Crippen LogP contribution >= 0.6 is 0 Å². The van der Waals surface area contributed by atoms with Crippen molar-refractivity contribution >= 4 is 11.6 Å². The molecule has 0 aromatic heterocycles. The fraction of sp³-hybridized carbons (Fsp3) is 0.235. The molecule has 0 saturated heterocycles. The van der Waals surface area contributed by atoms with Gasteiger partial charge in [0.05, 0.1) is 11.8 Å². The van der Waals surface area contributed by atoms with Crippen LogP contribution in [0.2, 0.25) is 0 Å². The molecule has 0 aliphatic carbocycles. The first kappa shape index (κ1) is 14.9. The Morgan fingerprint density at radius 3 is 2.38 bits per heavy atom. The number of carbonyl (C=O) groups is 1. The van der Waals surface area contributed by atoms with Crippen LogP contribution in [0.1, 0.15) is 29.8 Å². The topological polar surface area (TPSA) is 58.6 Å². The molecule has 21 heavy (non-hydrogen) atoms. The maximum absolute atomic E-state index is 12.1. The van der Waals surface area contributed by atoms with Crippen molar-refractivity contribution in [2.24, 2.45) is 0 Å². The van der Waals surface area contributed by atoms with Crippen LogP contribution in [0.25, 0.3) is 0 Å². The summed E-state index contributed by atoms with van der Waals surface area (Å²) < 4.78 is 5.53. The minimum absolute atomic E-state index is 0.0584. The van der Waals surface area contributed by atoms with E-state index in [9.17, 15) is 9.90 Å². The van der Waals surface area contributed by atoms with Gasteiger partial charge in [0.25, 0.3) is 5.91 Å². The fourth-order valence-corrected chi connectivity index (χ4v) is 1.90. The lowest BCUT2D eigenvalue weighted by atomic mass is 10.1. The molecule has 110 valence electrons. The lowest BCUT2D eigenvalue weighted by Crippen LogP contribution is -2.12. The maximum atomic E-state index is 12.1. The number of ether oxygens (including phenoxy) is 1. The number of aryl methyl sites for hydroxylation is 1. The van der Waals surface area contributed by atoms with E-state index in [0.29, 0.717) is 11.3 Å². The van der Waals surface area contributed by atoms with Crippen LogP contribution in [0.4, 0.5) is 5.69 Å². The summed E-state index contributed by atoms with van der Waals surface area (Å²) in [6.07, 6.45) is 0.0918. The van der Waals surface area contributed by atoms with Gasteiger partial charge in [-0.05, 0) is 62.7 Å². The Balaban J connectivity index is 2.09. The van der Waals surface area contributed by atoms with E-state index >= 15 is 0 Å². The summed E-state index contributed by atoms with van der Waals surface area (Å²) in [5, 5.41) is 12.5. The van der Waals surface area contributed by atoms with Crippen molar-refractivity contribution in [1.82, 2.24) is 0 Å². The molecule has 0 fully saturated rings. The van der Waals surface area contributed by atoms with Crippen LogP contribution in [0.5, 0.6) is 11.5 Å². The van der Waals surface area contributed by atoms with Crippen molar-refractivity contribution in [3.8, 4) is 11.5 Å². The zero-order chi connectivity index (χ0) is 15.4. The Labute approximate surface area is 124 Å². The number of nitrogens with one attached hydrogen (secondary N) is 1. The zero-order valence-electron chi connectivity index (χ0n) is 12.4. The number of phenols is 1. The summed E-state index contributed by atoms with van der Waals surface area (Å²) in [4.78, 5) is 12.1. The molecule has 4 heteroatoms. The van der Waals surface area contributed by atoms with Crippen molar-refractivity contribution in [3.63, 3.8) is 0 Å². The third-order valence-corrected chi connectivity index (χ3v) is 2.89. The molecule has 0 unspecified atom stereocenters. The predicted molar refractivity (Wildman–Crippen MR) is 83.0 cm³/mol. The second-order valence-electron chi connectivity index (χ2n) is 5.17. The van der Waals surface area contributed by atoms with Gasteiger partial charge < -0.3 is 15.2 Å². The summed E-state index contributed by atoms with van der Waals surface area (Å²) in [7, 11) is 0. The van der Waals surface area contributed by atoms with E-state index in [4.69, 9.17) is 4.74 Å². The molecule has 2 aromatic rings. The van der Waals surface area contributed by atoms with Gasteiger partial charge in [0.15, 0.2) is 0 Å². The number of aromatic hydroxyl groups is 1. The molecule has 0 heterocycles. The summed E-state index contributed by atoms with van der Waals surface area (Å²) in [6, 6.07) is 12.0. The van der Waals surface area contributed by atoms with Crippen molar-refractivity contribution < 1.29 is 14.6 Å². The first-order valence-electron chi connectivity index (χ1n) is 6.83. The number of hydrogen-bond donors (Lipinski definition) is 2. The monoisotopic (exact) mass is 285 g/mol. The van der Waals surface area contributed by atoms with Crippen molar-refractivity contribution in [2.45, 2.75) is 26.9 Å². The minimum atomic E-state index is -0.273. The Kier molecular flexibility index (Phi) is 4.48. The Hall–Kier alpha value is -2.49. The molecule has 2 N–H and O–H groups in total. The molecular weight excluding hydrogens is 266 g/mol. The third-order valence-electron chi connectivity index (χ3n) is 2.89. The molecule has 0 spiro atoms. The molecule has 0 saturated carbocycles. The molecule has 0 aliphatic heterocycles. The molecule has 0 aliphatic rings. The molecule has 0 atom stereocenters. The number of amides is 1. The van der Waals surface area contributed by atoms with Crippen LogP contribution < -0.4 is 10.1 Å². The van der Waals surface area contributed by atoms with E-state index in [0.717, 1.165) is 11.3 Å². The highest BCUT2D eigenvalue weighted by atomic mass is 16.5. The highest BCUT2D eigenvalue weighted by Crippen LogP contribution is 2.24. The highest BCUT2D eigenvalue weighted by Gasteiger charge is 2.09. The van der Waals surface area contributed by atoms with Crippen molar-refractivity contribution in [2.75, 3.05) is 5.32 Å². The second kappa shape index (κ2) is 6.31. The summed E-state index contributed by atoms with van der Waals surface area (Å²) >= 11 is 0. The lowest BCUT2D eigenvalue weighted by molar-refractivity contribution is 0.102. The van der Waals surface area contributed by atoms with Crippen LogP contribution in [0.15, 0.2) is 42.5 Å². The van der Waals surface area contributed by atoms with Gasteiger partial charge in [-0.1, -0.05) is 6.07 Å². The number of benzene rings is 2. The number of hydrogen-bond acceptors (Lipinski definition) is 3. The molecular formula is C17H19NO3. The number of phenolic OH excluding ortho intramolecular Hbond substituents is 1. The molecule has 2 rings (SSSR count). The van der Waals surface area contributed by atoms with E-state index in [-0.39, 0.29) is 17.8 Å². The van der Waals surface area contributed by atoms with Crippen LogP contribution in [-0.4, -0.2) is 17.1 Å². The first-order chi connectivity index (χ1) is 9.95. The van der Waals surface area contributed by atoms with E-state index in [1.807, 2.05) is 26.8 Å². The van der Waals surface area contributed by atoms with Crippen LogP contribution in [-0.2, 0) is 0 Å². The van der Waals surface area contributed by atoms with Gasteiger partial charge in [-0.15, -0.1) is 0 Å². The summed E-state index contributed by atoms with van der Waals surface area (Å²) in [5.74, 6) is 0.507. The van der Waals surface area contributed by atoms with Gasteiger partial charge in [-0.3, -0.25) is 4.79 Å². The lowest BCUT2D eigenvalue weighted by Gasteiger charge is -2.11. The molecule has 0 bridgehead atoms. The standard InChI is InChI=1S/C17H19NO3/c1-11(2)21-14-7-5-13(6-8-14)17(20)18-15-9-4-12(3)10-16(15)19/h4-11,19H,1-3H3,(H,18,20). The molecule has 0 radical (unpaired) electrons. The van der Waals surface area contributed by atoms with E-state index in [1.54, 1.807) is 36.4 Å². The number of anilines is 1. The van der Waals surface area contributed by atoms with Gasteiger partial charge in [-0.25, -0.2) is 0 Å². The molecule has 4 nitrogen and oxygen atoms in total. The SMILES string of the molecule is Cc1ccc(NC(=O)c2ccc(OC(C)C)cc2)c(O)c1. The van der Waals surface area contributed by atoms with Gasteiger partial charge >= 0.3 is 0 Å². The smallest absolute Gasteiger partial charge is 0.255 e. The Bertz CT molecular complexity index is 633. The fourth-order valence-electron chi connectivity index (χ4n) is 1.90. The Morgan fingerprint density at radius 2 is 1.81 bits per heavy atom. The summed E-state index contributed by atoms with van der Waals surface area (Å²) in [5.41, 5.74) is 1.83. The second-order valence-corrected chi connectivity index (χ2v) is 5.17. The quantitative estimate of drug-likeness (QED) is 0.841. The van der Waals surface area contributed by atoms with E-state index in [2.05, 4.69) is 5.32 Å². The number of rotatable bonds is 4. The van der Waals surface area contributed by atoms with Gasteiger partial charge in [0.2, 0.25) is 0 Å². The summed E-state index contributed by atoms with van der Waals surface area (Å²) in [6.45, 7) is 5.76. The predicted octanol–water partition coefficient (Wildman–Crippen LogP) is 3.74. The molecule has 1 amide bonds. The Morgan fingerprint density at radius 1 is 1.14 bits per heavy atom. The average Bonchev–Trinajstić information content (AvgIpc) is 2.42. The van der Waals surface area contributed by atoms with Gasteiger partial charge in [0.1, 0.15) is 11.5 Å². The third kappa shape index (κ3) is 3.99. The van der Waals surface area contributed by atoms with Gasteiger partial charge in [0, 0.05) is 5.56 Å². The molecule has 2 aromatic carbocycles. The van der Waals surface area contributed by atoms with E-state index in [1.165, 1.54) is 0 Å². The number of carbonyl (C=O) groups excluding carboxylic acids is 1. The average molecular weight is 285 g/mol. The van der Waals surface area contributed by atoms with Crippen LogP contribution in [0.3, 0.4) is 0 Å². The van der Waals surface area contributed by atoms with Crippen molar-refractivity contribution in [3.05, 3.63) is 53.6 Å². The maximum Gasteiger partial charge on any atom is 0.255 e. The largest absolute Gasteiger partial charge is 0.506 e. The zero-order valence-corrected chi connectivity index (χ0v) is 12.4. The highest BCUT2D eigenvalue weighted by molar-refractivity contribution is 6.05. The first-order valence-corrected chi connectivity index (χ1v) is 6.83. The van der Waals surface area contributed by atoms with Crippen LogP contribution in [0, 0.1) is 6.92 Å². The minimum Gasteiger partial charge on any atom is -0.506 e. The van der Waals surface area contributed by atoms with E-state index < -0.39 is 0 Å². The van der Waals surface area contributed by atoms with Gasteiger partial charge in [-0.2, -0.15) is 0 Å².